The van der Waals surface area contributed by atoms with Gasteiger partial charge in [0.1, 0.15) is 0 Å². The highest BCUT2D eigenvalue weighted by molar-refractivity contribution is 5.93. The van der Waals surface area contributed by atoms with Crippen LogP contribution in [0.5, 0.6) is 0 Å². The summed E-state index contributed by atoms with van der Waals surface area (Å²) in [4.78, 5) is 20.2. The van der Waals surface area contributed by atoms with Crippen LogP contribution >= 0.6 is 0 Å². The SMILES string of the molecule is CCOC(=O)c1[nH]ccc1/N=C\N(C)C. The highest BCUT2D eigenvalue weighted by atomic mass is 16.5. The number of carbonyl (C=O) groups excluding carboxylic acids is 1. The van der Waals surface area contributed by atoms with Crippen LogP contribution in [-0.4, -0.2) is 42.9 Å². The van der Waals surface area contributed by atoms with E-state index >= 15 is 0 Å². The Bertz CT molecular complexity index is 355. The van der Waals surface area contributed by atoms with Crippen molar-refractivity contribution in [3.05, 3.63) is 18.0 Å². The summed E-state index contributed by atoms with van der Waals surface area (Å²) in [7, 11) is 3.72. The molecule has 0 aliphatic rings. The van der Waals surface area contributed by atoms with Gasteiger partial charge in [0.2, 0.25) is 0 Å². The summed E-state index contributed by atoms with van der Waals surface area (Å²) in [6.45, 7) is 2.12. The maximum Gasteiger partial charge on any atom is 0.356 e. The lowest BCUT2D eigenvalue weighted by molar-refractivity contribution is 0.0521. The van der Waals surface area contributed by atoms with Crippen LogP contribution < -0.4 is 0 Å². The minimum Gasteiger partial charge on any atom is -0.461 e. The molecule has 1 N–H and O–H groups in total. The number of esters is 1. The van der Waals surface area contributed by atoms with E-state index in [-0.39, 0.29) is 5.97 Å². The van der Waals surface area contributed by atoms with E-state index in [0.717, 1.165) is 0 Å². The highest BCUT2D eigenvalue weighted by Gasteiger charge is 2.12. The predicted octanol–water partition coefficient (Wildman–Crippen LogP) is 1.41. The molecule has 1 aromatic rings. The topological polar surface area (TPSA) is 57.7 Å². The Hall–Kier alpha value is -1.78. The van der Waals surface area contributed by atoms with Crippen LogP contribution in [0.15, 0.2) is 17.3 Å². The molecule has 5 heteroatoms. The van der Waals surface area contributed by atoms with E-state index in [1.165, 1.54) is 0 Å². The monoisotopic (exact) mass is 209 g/mol. The molecule has 82 valence electrons. The molecule has 0 unspecified atom stereocenters. The summed E-state index contributed by atoms with van der Waals surface area (Å²) in [5.41, 5.74) is 0.970. The third-order valence-corrected chi connectivity index (χ3v) is 1.63. The zero-order valence-electron chi connectivity index (χ0n) is 9.15. The Labute approximate surface area is 88.8 Å². The zero-order valence-corrected chi connectivity index (χ0v) is 9.15. The first kappa shape index (κ1) is 11.3. The second-order valence-corrected chi connectivity index (χ2v) is 3.17. The average Bonchev–Trinajstić information content (AvgIpc) is 2.62. The van der Waals surface area contributed by atoms with Gasteiger partial charge in [-0.3, -0.25) is 0 Å². The van der Waals surface area contributed by atoms with Crippen LogP contribution in [0.2, 0.25) is 0 Å². The van der Waals surface area contributed by atoms with Crippen molar-refractivity contribution < 1.29 is 9.53 Å². The molecular formula is C10H15N3O2. The molecule has 0 radical (unpaired) electrons. The van der Waals surface area contributed by atoms with Crippen molar-refractivity contribution in [2.75, 3.05) is 20.7 Å². The van der Waals surface area contributed by atoms with E-state index in [1.54, 1.807) is 30.4 Å². The highest BCUT2D eigenvalue weighted by Crippen LogP contribution is 2.17. The number of H-pyrrole nitrogens is 1. The molecule has 0 aromatic carbocycles. The summed E-state index contributed by atoms with van der Waals surface area (Å²) in [6, 6.07) is 1.73. The lowest BCUT2D eigenvalue weighted by Crippen LogP contribution is -2.08. The van der Waals surface area contributed by atoms with Crippen molar-refractivity contribution in [2.24, 2.45) is 4.99 Å². The van der Waals surface area contributed by atoms with E-state index in [0.29, 0.717) is 18.0 Å². The number of carbonyl (C=O) groups is 1. The summed E-state index contributed by atoms with van der Waals surface area (Å²) in [5.74, 6) is -0.381. The van der Waals surface area contributed by atoms with Crippen molar-refractivity contribution in [3.8, 4) is 0 Å². The number of rotatable bonds is 4. The third-order valence-electron chi connectivity index (χ3n) is 1.63. The molecule has 0 saturated carbocycles. The van der Waals surface area contributed by atoms with Gasteiger partial charge in [-0.25, -0.2) is 9.79 Å². The van der Waals surface area contributed by atoms with E-state index in [9.17, 15) is 4.79 Å². The Morgan fingerprint density at radius 1 is 1.67 bits per heavy atom. The number of ether oxygens (including phenoxy) is 1. The minimum absolute atomic E-state index is 0.356. The van der Waals surface area contributed by atoms with Crippen LogP contribution in [0.4, 0.5) is 5.69 Å². The van der Waals surface area contributed by atoms with Crippen LogP contribution in [0, 0.1) is 0 Å². The van der Waals surface area contributed by atoms with E-state index < -0.39 is 0 Å². The first-order chi connectivity index (χ1) is 7.15. The number of aliphatic imine (C=N–C) groups is 1. The van der Waals surface area contributed by atoms with Gasteiger partial charge in [-0.15, -0.1) is 0 Å². The molecule has 1 heterocycles. The molecule has 0 spiro atoms. The first-order valence-electron chi connectivity index (χ1n) is 4.70. The molecule has 0 aliphatic carbocycles. The Morgan fingerprint density at radius 3 is 3.00 bits per heavy atom. The Kier molecular flexibility index (Phi) is 3.91. The molecular weight excluding hydrogens is 194 g/mol. The molecule has 0 atom stereocenters. The van der Waals surface area contributed by atoms with E-state index in [2.05, 4.69) is 9.98 Å². The van der Waals surface area contributed by atoms with Crippen LogP contribution in [0.25, 0.3) is 0 Å². The van der Waals surface area contributed by atoms with Gasteiger partial charge in [-0.2, -0.15) is 0 Å². The van der Waals surface area contributed by atoms with Gasteiger partial charge >= 0.3 is 5.97 Å². The van der Waals surface area contributed by atoms with Crippen molar-refractivity contribution in [1.29, 1.82) is 0 Å². The summed E-state index contributed by atoms with van der Waals surface area (Å²) in [6.07, 6.45) is 3.29. The maximum atomic E-state index is 11.4. The molecule has 0 bridgehead atoms. The molecule has 0 saturated heterocycles. The van der Waals surface area contributed by atoms with Gasteiger partial charge in [0.05, 0.1) is 18.6 Å². The number of nitrogens with one attached hydrogen (secondary N) is 1. The maximum absolute atomic E-state index is 11.4. The van der Waals surface area contributed by atoms with Crippen LogP contribution in [-0.2, 0) is 4.74 Å². The predicted molar refractivity (Wildman–Crippen MR) is 58.6 cm³/mol. The lowest BCUT2D eigenvalue weighted by Gasteiger charge is -2.03. The molecule has 1 aromatic heterocycles. The Morgan fingerprint density at radius 2 is 2.40 bits per heavy atom. The van der Waals surface area contributed by atoms with Crippen molar-refractivity contribution in [3.63, 3.8) is 0 Å². The fourth-order valence-electron chi connectivity index (χ4n) is 1.01. The fraction of sp³-hybridized carbons (Fsp3) is 0.400. The van der Waals surface area contributed by atoms with Crippen molar-refractivity contribution in [1.82, 2.24) is 9.88 Å². The van der Waals surface area contributed by atoms with Crippen LogP contribution in [0.1, 0.15) is 17.4 Å². The number of aromatic amines is 1. The largest absolute Gasteiger partial charge is 0.461 e. The molecule has 5 nitrogen and oxygen atoms in total. The quantitative estimate of drug-likeness (QED) is 0.463. The molecule has 0 amide bonds. The molecule has 15 heavy (non-hydrogen) atoms. The van der Waals surface area contributed by atoms with Gasteiger partial charge in [-0.05, 0) is 13.0 Å². The number of nitrogens with zero attached hydrogens (tertiary/aromatic N) is 2. The number of hydrogen-bond acceptors (Lipinski definition) is 3. The second kappa shape index (κ2) is 5.19. The summed E-state index contributed by atoms with van der Waals surface area (Å²) < 4.78 is 4.88. The van der Waals surface area contributed by atoms with Crippen molar-refractivity contribution >= 4 is 18.0 Å². The van der Waals surface area contributed by atoms with E-state index in [1.807, 2.05) is 14.1 Å². The molecule has 1 rings (SSSR count). The fourth-order valence-corrected chi connectivity index (χ4v) is 1.01. The normalized spacial score (nSPS) is 10.6. The zero-order chi connectivity index (χ0) is 11.3. The van der Waals surface area contributed by atoms with E-state index in [4.69, 9.17) is 4.74 Å². The number of aromatic nitrogens is 1. The minimum atomic E-state index is -0.381. The van der Waals surface area contributed by atoms with Gasteiger partial charge in [0, 0.05) is 20.3 Å². The first-order valence-corrected chi connectivity index (χ1v) is 4.70. The lowest BCUT2D eigenvalue weighted by atomic mass is 10.4. The van der Waals surface area contributed by atoms with Gasteiger partial charge in [0.25, 0.3) is 0 Å². The molecule has 0 fully saturated rings. The summed E-state index contributed by atoms with van der Waals surface area (Å²) in [5, 5.41) is 0. The van der Waals surface area contributed by atoms with Gasteiger partial charge < -0.3 is 14.6 Å². The summed E-state index contributed by atoms with van der Waals surface area (Å²) >= 11 is 0. The van der Waals surface area contributed by atoms with Gasteiger partial charge in [0.15, 0.2) is 5.69 Å². The van der Waals surface area contributed by atoms with Crippen LogP contribution in [0.3, 0.4) is 0 Å². The molecule has 0 aliphatic heterocycles. The average molecular weight is 209 g/mol. The standard InChI is InChI=1S/C10H15N3O2/c1-4-15-10(14)9-8(5-6-11-9)12-7-13(2)3/h5-7,11H,4H2,1-3H3/b12-7-. The second-order valence-electron chi connectivity index (χ2n) is 3.17. The third kappa shape index (κ3) is 3.12. The van der Waals surface area contributed by atoms with Crippen molar-refractivity contribution in [2.45, 2.75) is 6.92 Å². The Balaban J connectivity index is 2.82. The number of hydrogen-bond donors (Lipinski definition) is 1. The van der Waals surface area contributed by atoms with Gasteiger partial charge in [-0.1, -0.05) is 0 Å². The smallest absolute Gasteiger partial charge is 0.356 e.